The van der Waals surface area contributed by atoms with E-state index in [-0.39, 0.29) is 17.7 Å². The van der Waals surface area contributed by atoms with Crippen LogP contribution in [-0.2, 0) is 9.59 Å². The summed E-state index contributed by atoms with van der Waals surface area (Å²) in [6.45, 7) is 0. The molecule has 4 nitrogen and oxygen atoms in total. The lowest BCUT2D eigenvalue weighted by atomic mass is 9.95. The highest BCUT2D eigenvalue weighted by Crippen LogP contribution is 2.28. The molecule has 1 aromatic carbocycles. The van der Waals surface area contributed by atoms with Crippen molar-refractivity contribution in [1.82, 2.24) is 10.3 Å². The van der Waals surface area contributed by atoms with Crippen LogP contribution in [0.5, 0.6) is 0 Å². The highest BCUT2D eigenvalue weighted by atomic mass is 127. The molecule has 0 radical (unpaired) electrons. The van der Waals surface area contributed by atoms with Crippen LogP contribution in [0.25, 0.3) is 10.9 Å². The topological polar surface area (TPSA) is 62.0 Å². The molecule has 2 amide bonds. The van der Waals surface area contributed by atoms with E-state index in [1.807, 2.05) is 18.2 Å². The highest BCUT2D eigenvalue weighted by Gasteiger charge is 2.28. The Labute approximate surface area is 117 Å². The van der Waals surface area contributed by atoms with Crippen molar-refractivity contribution in [3.8, 4) is 0 Å². The van der Waals surface area contributed by atoms with E-state index in [1.165, 1.54) is 0 Å². The van der Waals surface area contributed by atoms with E-state index in [0.29, 0.717) is 12.8 Å². The van der Waals surface area contributed by atoms with Crippen molar-refractivity contribution in [2.75, 3.05) is 0 Å². The van der Waals surface area contributed by atoms with E-state index in [2.05, 4.69) is 39.0 Å². The van der Waals surface area contributed by atoms with Gasteiger partial charge in [0.05, 0.1) is 5.92 Å². The summed E-state index contributed by atoms with van der Waals surface area (Å²) in [6.07, 6.45) is 0.984. The molecule has 0 saturated carbocycles. The number of carbonyl (C=O) groups is 2. The molecule has 2 aromatic rings. The Morgan fingerprint density at radius 3 is 2.83 bits per heavy atom. The van der Waals surface area contributed by atoms with Crippen molar-refractivity contribution in [2.24, 2.45) is 0 Å². The number of fused-ring (bicyclic) bond motifs is 1. The van der Waals surface area contributed by atoms with E-state index in [0.717, 1.165) is 20.2 Å². The molecule has 1 aliphatic rings. The number of aromatic amines is 1. The van der Waals surface area contributed by atoms with Gasteiger partial charge < -0.3 is 4.98 Å². The van der Waals surface area contributed by atoms with Crippen LogP contribution in [0.2, 0.25) is 0 Å². The molecule has 1 fully saturated rings. The quantitative estimate of drug-likeness (QED) is 0.610. The summed E-state index contributed by atoms with van der Waals surface area (Å²) >= 11 is 2.26. The molecule has 3 rings (SSSR count). The molecule has 0 spiro atoms. The number of benzene rings is 1. The van der Waals surface area contributed by atoms with Gasteiger partial charge in [-0.25, -0.2) is 0 Å². The van der Waals surface area contributed by atoms with Gasteiger partial charge in [0.1, 0.15) is 0 Å². The smallest absolute Gasteiger partial charge is 0.235 e. The van der Waals surface area contributed by atoms with E-state index in [1.54, 1.807) is 0 Å². The van der Waals surface area contributed by atoms with Gasteiger partial charge in [0.25, 0.3) is 0 Å². The third-order valence-corrected chi connectivity index (χ3v) is 3.89. The van der Waals surface area contributed by atoms with E-state index < -0.39 is 0 Å². The SMILES string of the molecule is O=C1CCC(c2cc3cc(I)ccc3[nH]2)C(=O)N1. The summed E-state index contributed by atoms with van der Waals surface area (Å²) in [5, 5.41) is 3.48. The number of piperidine rings is 1. The number of halogens is 1. The predicted molar refractivity (Wildman–Crippen MR) is 76.1 cm³/mol. The van der Waals surface area contributed by atoms with Gasteiger partial charge in [-0.1, -0.05) is 0 Å². The minimum atomic E-state index is -0.243. The average molecular weight is 354 g/mol. The molecule has 5 heteroatoms. The third kappa shape index (κ3) is 2.03. The maximum Gasteiger partial charge on any atom is 0.235 e. The fraction of sp³-hybridized carbons (Fsp3) is 0.231. The van der Waals surface area contributed by atoms with Crippen molar-refractivity contribution in [2.45, 2.75) is 18.8 Å². The van der Waals surface area contributed by atoms with Gasteiger partial charge >= 0.3 is 0 Å². The van der Waals surface area contributed by atoms with Crippen molar-refractivity contribution in [3.63, 3.8) is 0 Å². The van der Waals surface area contributed by atoms with Crippen LogP contribution < -0.4 is 5.32 Å². The van der Waals surface area contributed by atoms with Crippen LogP contribution in [0.3, 0.4) is 0 Å². The molecule has 0 bridgehead atoms. The Kier molecular flexibility index (Phi) is 2.85. The molecule has 1 atom stereocenters. The number of aromatic nitrogens is 1. The van der Waals surface area contributed by atoms with Gasteiger partial charge in [0, 0.05) is 26.6 Å². The number of rotatable bonds is 1. The van der Waals surface area contributed by atoms with Gasteiger partial charge in [-0.2, -0.15) is 0 Å². The minimum Gasteiger partial charge on any atom is -0.358 e. The summed E-state index contributed by atoms with van der Waals surface area (Å²) < 4.78 is 1.16. The Morgan fingerprint density at radius 2 is 2.06 bits per heavy atom. The average Bonchev–Trinajstić information content (AvgIpc) is 2.71. The second kappa shape index (κ2) is 4.38. The lowest BCUT2D eigenvalue weighted by Crippen LogP contribution is -2.39. The van der Waals surface area contributed by atoms with Gasteiger partial charge in [0.2, 0.25) is 11.8 Å². The van der Waals surface area contributed by atoms with Gasteiger partial charge in [0.15, 0.2) is 0 Å². The van der Waals surface area contributed by atoms with Gasteiger partial charge in [-0.15, -0.1) is 0 Å². The number of nitrogens with one attached hydrogen (secondary N) is 2. The van der Waals surface area contributed by atoms with Crippen molar-refractivity contribution >= 4 is 45.3 Å². The van der Waals surface area contributed by atoms with Gasteiger partial charge in [-0.05, 0) is 53.3 Å². The lowest BCUT2D eigenvalue weighted by molar-refractivity contribution is -0.134. The van der Waals surface area contributed by atoms with Gasteiger partial charge in [-0.3, -0.25) is 14.9 Å². The number of carbonyl (C=O) groups excluding carboxylic acids is 2. The van der Waals surface area contributed by atoms with Crippen LogP contribution in [0, 0.1) is 3.57 Å². The standard InChI is InChI=1S/C13H11IN2O2/c14-8-1-3-10-7(5-8)6-11(15-10)9-2-4-12(17)16-13(9)18/h1,3,5-6,9,15H,2,4H2,(H,16,17,18). The normalized spacial score (nSPS) is 20.2. The van der Waals surface area contributed by atoms with Crippen LogP contribution in [0.1, 0.15) is 24.5 Å². The summed E-state index contributed by atoms with van der Waals surface area (Å²) in [6, 6.07) is 8.10. The Hall–Kier alpha value is -1.37. The molecule has 2 N–H and O–H groups in total. The van der Waals surface area contributed by atoms with Crippen LogP contribution in [-0.4, -0.2) is 16.8 Å². The molecular formula is C13H11IN2O2. The molecule has 18 heavy (non-hydrogen) atoms. The zero-order valence-electron chi connectivity index (χ0n) is 9.50. The second-order valence-corrected chi connectivity index (χ2v) is 5.71. The van der Waals surface area contributed by atoms with Crippen LogP contribution >= 0.6 is 22.6 Å². The third-order valence-electron chi connectivity index (χ3n) is 3.22. The fourth-order valence-corrected chi connectivity index (χ4v) is 2.82. The zero-order chi connectivity index (χ0) is 12.7. The number of hydrogen-bond acceptors (Lipinski definition) is 2. The lowest BCUT2D eigenvalue weighted by Gasteiger charge is -2.19. The zero-order valence-corrected chi connectivity index (χ0v) is 11.7. The molecule has 1 saturated heterocycles. The maximum absolute atomic E-state index is 11.8. The molecule has 0 aliphatic carbocycles. The molecule has 1 aliphatic heterocycles. The Balaban J connectivity index is 1.99. The first-order valence-corrected chi connectivity index (χ1v) is 6.83. The Bertz CT molecular complexity index is 647. The first kappa shape index (κ1) is 11.7. The minimum absolute atomic E-state index is 0.179. The number of H-pyrrole nitrogens is 1. The first-order chi connectivity index (χ1) is 8.63. The van der Waals surface area contributed by atoms with E-state index >= 15 is 0 Å². The second-order valence-electron chi connectivity index (χ2n) is 4.46. The maximum atomic E-state index is 11.8. The molecule has 1 unspecified atom stereocenters. The molecule has 2 heterocycles. The van der Waals surface area contributed by atoms with Crippen molar-refractivity contribution in [1.29, 1.82) is 0 Å². The molecule has 1 aromatic heterocycles. The fourth-order valence-electron chi connectivity index (χ4n) is 2.30. The monoisotopic (exact) mass is 354 g/mol. The molecular weight excluding hydrogens is 343 g/mol. The number of amides is 2. The Morgan fingerprint density at radius 1 is 1.22 bits per heavy atom. The first-order valence-electron chi connectivity index (χ1n) is 5.75. The number of imide groups is 1. The number of hydrogen-bond donors (Lipinski definition) is 2. The summed E-state index contributed by atoms with van der Waals surface area (Å²) in [5.74, 6) is -0.623. The summed E-state index contributed by atoms with van der Waals surface area (Å²) in [4.78, 5) is 26.2. The van der Waals surface area contributed by atoms with E-state index in [4.69, 9.17) is 0 Å². The van der Waals surface area contributed by atoms with Crippen molar-refractivity contribution < 1.29 is 9.59 Å². The summed E-state index contributed by atoms with van der Waals surface area (Å²) in [7, 11) is 0. The van der Waals surface area contributed by atoms with Crippen LogP contribution in [0.15, 0.2) is 24.3 Å². The predicted octanol–water partition coefficient (Wildman–Crippen LogP) is 2.29. The summed E-state index contributed by atoms with van der Waals surface area (Å²) in [5.41, 5.74) is 1.91. The highest BCUT2D eigenvalue weighted by molar-refractivity contribution is 14.1. The molecule has 92 valence electrons. The van der Waals surface area contributed by atoms with Crippen LogP contribution in [0.4, 0.5) is 0 Å². The van der Waals surface area contributed by atoms with Crippen molar-refractivity contribution in [3.05, 3.63) is 33.5 Å². The van der Waals surface area contributed by atoms with E-state index in [9.17, 15) is 9.59 Å². The largest absolute Gasteiger partial charge is 0.358 e.